The van der Waals surface area contributed by atoms with Gasteiger partial charge in [-0.05, 0) is 40.5 Å². The van der Waals surface area contributed by atoms with E-state index >= 15 is 0 Å². The van der Waals surface area contributed by atoms with Gasteiger partial charge in [0, 0.05) is 19.1 Å². The van der Waals surface area contributed by atoms with Gasteiger partial charge in [0.15, 0.2) is 0 Å². The predicted octanol–water partition coefficient (Wildman–Crippen LogP) is 3.02. The van der Waals surface area contributed by atoms with Gasteiger partial charge in [0.05, 0.1) is 18.3 Å². The van der Waals surface area contributed by atoms with E-state index in [0.29, 0.717) is 24.4 Å². The van der Waals surface area contributed by atoms with E-state index in [9.17, 15) is 0 Å². The lowest BCUT2D eigenvalue weighted by Gasteiger charge is -2.38. The normalized spacial score (nSPS) is 23.6. The molecule has 16 heavy (non-hydrogen) atoms. The van der Waals surface area contributed by atoms with Gasteiger partial charge in [-0.15, -0.1) is 0 Å². The molecule has 1 rings (SSSR count). The summed E-state index contributed by atoms with van der Waals surface area (Å²) in [6.45, 7) is 10.9. The van der Waals surface area contributed by atoms with Gasteiger partial charge in [-0.3, -0.25) is 4.90 Å². The molecule has 3 nitrogen and oxygen atoms in total. The van der Waals surface area contributed by atoms with E-state index < -0.39 is 0 Å². The molecule has 0 N–H and O–H groups in total. The first-order valence-electron chi connectivity index (χ1n) is 6.21. The zero-order valence-corrected chi connectivity index (χ0v) is 12.9. The molecule has 0 aliphatic carbocycles. The molecule has 0 aromatic heterocycles. The first-order chi connectivity index (χ1) is 7.54. The minimum absolute atomic E-state index is 0.303. The first-order valence-corrected chi connectivity index (χ1v) is 7.09. The van der Waals surface area contributed by atoms with Gasteiger partial charge in [0.2, 0.25) is 0 Å². The van der Waals surface area contributed by atoms with Crippen molar-refractivity contribution in [3.8, 4) is 0 Å². The molecule has 1 heterocycles. The van der Waals surface area contributed by atoms with Crippen LogP contribution in [0.25, 0.3) is 0 Å². The summed E-state index contributed by atoms with van der Waals surface area (Å²) in [5, 5.41) is 0. The lowest BCUT2D eigenvalue weighted by Crippen LogP contribution is -2.47. The quantitative estimate of drug-likeness (QED) is 0.718. The summed E-state index contributed by atoms with van der Waals surface area (Å²) in [6, 6.07) is 0.498. The van der Waals surface area contributed by atoms with E-state index in [1.165, 1.54) is 0 Å². The number of rotatable bonds is 5. The Hall–Kier alpha value is 0.610. The predicted molar refractivity (Wildman–Crippen MR) is 74.8 cm³/mol. The maximum atomic E-state index is 5.84. The molecule has 0 bridgehead atoms. The first kappa shape index (κ1) is 14.7. The molecule has 0 aromatic carbocycles. The number of hydrogen-bond acceptors (Lipinski definition) is 3. The zero-order valence-electron chi connectivity index (χ0n) is 10.8. The third-order valence-electron chi connectivity index (χ3n) is 3.34. The Balaban J connectivity index is 2.34. The SMILES string of the molecule is CC(C)OC(C)C(C)N1CCC(OI)CC1. The minimum Gasteiger partial charge on any atom is -0.374 e. The molecule has 1 saturated heterocycles. The Morgan fingerprint density at radius 1 is 1.12 bits per heavy atom. The standard InChI is InChI=1S/C12H24INO2/c1-9(2)15-11(4)10(3)14-7-5-12(16-13)6-8-14/h9-12H,5-8H2,1-4H3. The highest BCUT2D eigenvalue weighted by Crippen LogP contribution is 2.20. The molecule has 1 aliphatic rings. The Labute approximate surface area is 114 Å². The largest absolute Gasteiger partial charge is 0.374 e. The zero-order chi connectivity index (χ0) is 12.1. The molecule has 2 unspecified atom stereocenters. The van der Waals surface area contributed by atoms with Crippen LogP contribution in [0.1, 0.15) is 40.5 Å². The molecular formula is C12H24INO2. The van der Waals surface area contributed by atoms with Crippen molar-refractivity contribution in [2.45, 2.75) is 64.9 Å². The third kappa shape index (κ3) is 4.47. The summed E-state index contributed by atoms with van der Waals surface area (Å²) >= 11 is 2.02. The van der Waals surface area contributed by atoms with Crippen LogP contribution in [-0.2, 0) is 7.80 Å². The van der Waals surface area contributed by atoms with Crippen LogP contribution in [0.2, 0.25) is 0 Å². The summed E-state index contributed by atoms with van der Waals surface area (Å²) < 4.78 is 11.2. The molecule has 0 aromatic rings. The average Bonchev–Trinajstić information content (AvgIpc) is 2.27. The summed E-state index contributed by atoms with van der Waals surface area (Å²) in [7, 11) is 0. The van der Waals surface area contributed by atoms with Crippen molar-refractivity contribution < 1.29 is 7.80 Å². The fraction of sp³-hybridized carbons (Fsp3) is 1.00. The second-order valence-corrected chi connectivity index (χ2v) is 5.46. The molecule has 1 fully saturated rings. The molecule has 0 saturated carbocycles. The smallest absolute Gasteiger partial charge is 0.110 e. The van der Waals surface area contributed by atoms with Gasteiger partial charge < -0.3 is 7.80 Å². The molecule has 0 spiro atoms. The van der Waals surface area contributed by atoms with Crippen LogP contribution in [0.5, 0.6) is 0 Å². The van der Waals surface area contributed by atoms with Gasteiger partial charge in [0.1, 0.15) is 23.0 Å². The lowest BCUT2D eigenvalue weighted by atomic mass is 10.0. The van der Waals surface area contributed by atoms with Crippen LogP contribution in [0.4, 0.5) is 0 Å². The van der Waals surface area contributed by atoms with Gasteiger partial charge in [0.25, 0.3) is 0 Å². The molecule has 0 radical (unpaired) electrons. The number of piperidine rings is 1. The number of nitrogens with zero attached hydrogens (tertiary/aromatic N) is 1. The maximum absolute atomic E-state index is 5.84. The Morgan fingerprint density at radius 2 is 1.69 bits per heavy atom. The van der Waals surface area contributed by atoms with Gasteiger partial charge in [-0.25, -0.2) is 0 Å². The van der Waals surface area contributed by atoms with Gasteiger partial charge in [-0.2, -0.15) is 0 Å². The number of ether oxygens (including phenoxy) is 1. The molecule has 0 amide bonds. The maximum Gasteiger partial charge on any atom is 0.110 e. The molecule has 2 atom stereocenters. The molecule has 1 aliphatic heterocycles. The second-order valence-electron chi connectivity index (χ2n) is 4.95. The van der Waals surface area contributed by atoms with Gasteiger partial charge in [-0.1, -0.05) is 0 Å². The summed E-state index contributed by atoms with van der Waals surface area (Å²) in [4.78, 5) is 2.51. The van der Waals surface area contributed by atoms with E-state index in [1.807, 2.05) is 23.0 Å². The van der Waals surface area contributed by atoms with E-state index in [1.54, 1.807) is 0 Å². The fourth-order valence-electron chi connectivity index (χ4n) is 2.21. The average molecular weight is 341 g/mol. The van der Waals surface area contributed by atoms with E-state index in [0.717, 1.165) is 25.9 Å². The van der Waals surface area contributed by atoms with Crippen molar-refractivity contribution in [1.82, 2.24) is 4.90 Å². The van der Waals surface area contributed by atoms with Crippen LogP contribution in [0, 0.1) is 0 Å². The Bertz CT molecular complexity index is 193. The van der Waals surface area contributed by atoms with Crippen molar-refractivity contribution in [3.63, 3.8) is 0 Å². The van der Waals surface area contributed by atoms with Crippen molar-refractivity contribution in [1.29, 1.82) is 0 Å². The van der Waals surface area contributed by atoms with Crippen molar-refractivity contribution in [2.75, 3.05) is 13.1 Å². The highest BCUT2D eigenvalue weighted by Gasteiger charge is 2.26. The van der Waals surface area contributed by atoms with Crippen LogP contribution >= 0.6 is 23.0 Å². The minimum atomic E-state index is 0.303. The summed E-state index contributed by atoms with van der Waals surface area (Å²) in [5.74, 6) is 0. The van der Waals surface area contributed by atoms with Crippen LogP contribution in [0.3, 0.4) is 0 Å². The molecule has 96 valence electrons. The van der Waals surface area contributed by atoms with Crippen molar-refractivity contribution >= 4 is 23.0 Å². The summed E-state index contributed by atoms with van der Waals surface area (Å²) in [6.07, 6.45) is 3.35. The van der Waals surface area contributed by atoms with Crippen molar-refractivity contribution in [2.24, 2.45) is 0 Å². The molecule has 4 heteroatoms. The lowest BCUT2D eigenvalue weighted by molar-refractivity contribution is -0.0392. The highest BCUT2D eigenvalue weighted by molar-refractivity contribution is 14.1. The third-order valence-corrected chi connectivity index (χ3v) is 4.06. The Kier molecular flexibility index (Phi) is 6.54. The monoisotopic (exact) mass is 341 g/mol. The van der Waals surface area contributed by atoms with E-state index in [2.05, 4.69) is 32.6 Å². The van der Waals surface area contributed by atoms with Crippen LogP contribution in [-0.4, -0.2) is 42.3 Å². The van der Waals surface area contributed by atoms with E-state index in [4.69, 9.17) is 7.80 Å². The second kappa shape index (κ2) is 7.13. The summed E-state index contributed by atoms with van der Waals surface area (Å²) in [5.41, 5.74) is 0. The van der Waals surface area contributed by atoms with Gasteiger partial charge >= 0.3 is 0 Å². The molecular weight excluding hydrogens is 317 g/mol. The topological polar surface area (TPSA) is 21.7 Å². The Morgan fingerprint density at radius 3 is 2.12 bits per heavy atom. The van der Waals surface area contributed by atoms with Crippen LogP contribution in [0.15, 0.2) is 0 Å². The van der Waals surface area contributed by atoms with E-state index in [-0.39, 0.29) is 0 Å². The van der Waals surface area contributed by atoms with Crippen LogP contribution < -0.4 is 0 Å². The number of halogens is 1. The number of hydrogen-bond donors (Lipinski definition) is 0. The van der Waals surface area contributed by atoms with Crippen molar-refractivity contribution in [3.05, 3.63) is 0 Å². The highest BCUT2D eigenvalue weighted by atomic mass is 127. The number of likely N-dealkylation sites (tertiary alicyclic amines) is 1. The fourth-order valence-corrected chi connectivity index (χ4v) is 2.72.